The fraction of sp³-hybridized carbons (Fsp3) is 0.0698. The van der Waals surface area contributed by atoms with Crippen LogP contribution in [-0.2, 0) is 5.41 Å². The summed E-state index contributed by atoms with van der Waals surface area (Å²) in [7, 11) is -1.63. The van der Waals surface area contributed by atoms with Crippen molar-refractivity contribution in [3.8, 4) is 16.8 Å². The highest BCUT2D eigenvalue weighted by Gasteiger charge is 2.53. The maximum atomic E-state index is 10.2. The highest BCUT2D eigenvalue weighted by Crippen LogP contribution is 2.64. The molecule has 0 unspecified atom stereocenters. The van der Waals surface area contributed by atoms with Crippen molar-refractivity contribution in [3.63, 3.8) is 0 Å². The molecular formula is C43H28BNO3. The SMILES string of the molecule is OB(O)c1cccc2c1oc1c(-n3c4ccccc4c4ccc5c(c43)C3=C(C=CCC3)C53c4ccccc4-c4ccccc43)cccc12. The first kappa shape index (κ1) is 26.5. The van der Waals surface area contributed by atoms with Crippen molar-refractivity contribution in [2.45, 2.75) is 18.3 Å². The Morgan fingerprint density at radius 1 is 0.625 bits per heavy atom. The summed E-state index contributed by atoms with van der Waals surface area (Å²) in [4.78, 5) is 0. The molecule has 0 radical (unpaired) electrons. The molecule has 4 nitrogen and oxygen atoms in total. The Hall–Kier alpha value is -5.62. The quantitative estimate of drug-likeness (QED) is 0.191. The van der Waals surface area contributed by atoms with E-state index in [4.69, 9.17) is 4.42 Å². The van der Waals surface area contributed by atoms with E-state index in [-0.39, 0.29) is 0 Å². The summed E-state index contributed by atoms with van der Waals surface area (Å²) < 4.78 is 9.05. The van der Waals surface area contributed by atoms with Gasteiger partial charge in [0.1, 0.15) is 5.58 Å². The predicted molar refractivity (Wildman–Crippen MR) is 195 cm³/mol. The van der Waals surface area contributed by atoms with Crippen LogP contribution < -0.4 is 5.46 Å². The molecule has 11 rings (SSSR count). The Morgan fingerprint density at radius 3 is 2.10 bits per heavy atom. The third-order valence-corrected chi connectivity index (χ3v) is 11.1. The van der Waals surface area contributed by atoms with Crippen LogP contribution in [0.3, 0.4) is 0 Å². The Kier molecular flexibility index (Phi) is 5.10. The molecule has 0 aliphatic heterocycles. The molecule has 5 heteroatoms. The van der Waals surface area contributed by atoms with E-state index in [1.165, 1.54) is 60.8 Å². The molecule has 8 aromatic rings. The molecule has 48 heavy (non-hydrogen) atoms. The molecular weight excluding hydrogens is 589 g/mol. The molecule has 0 bridgehead atoms. The van der Waals surface area contributed by atoms with Crippen molar-refractivity contribution in [1.82, 2.24) is 4.57 Å². The van der Waals surface area contributed by atoms with Gasteiger partial charge in [-0.15, -0.1) is 0 Å². The zero-order valence-electron chi connectivity index (χ0n) is 25.9. The van der Waals surface area contributed by atoms with Gasteiger partial charge in [0.25, 0.3) is 0 Å². The van der Waals surface area contributed by atoms with E-state index in [0.29, 0.717) is 11.0 Å². The van der Waals surface area contributed by atoms with Gasteiger partial charge in [0.05, 0.1) is 22.1 Å². The molecule has 226 valence electrons. The van der Waals surface area contributed by atoms with Crippen LogP contribution in [0.15, 0.2) is 143 Å². The van der Waals surface area contributed by atoms with Gasteiger partial charge in [0.15, 0.2) is 5.58 Å². The van der Waals surface area contributed by atoms with Gasteiger partial charge in [0.2, 0.25) is 0 Å². The summed E-state index contributed by atoms with van der Waals surface area (Å²) in [5.41, 5.74) is 15.2. The summed E-state index contributed by atoms with van der Waals surface area (Å²) >= 11 is 0. The molecule has 6 aromatic carbocycles. The predicted octanol–water partition coefficient (Wildman–Crippen LogP) is 8.79. The molecule has 3 aliphatic rings. The van der Waals surface area contributed by atoms with Crippen molar-refractivity contribution in [1.29, 1.82) is 0 Å². The van der Waals surface area contributed by atoms with Crippen molar-refractivity contribution >= 4 is 61.9 Å². The van der Waals surface area contributed by atoms with E-state index in [9.17, 15) is 10.0 Å². The lowest BCUT2D eigenvalue weighted by atomic mass is 9.69. The van der Waals surface area contributed by atoms with Crippen molar-refractivity contribution in [2.75, 3.05) is 0 Å². The van der Waals surface area contributed by atoms with Crippen LogP contribution in [0, 0.1) is 0 Å². The normalized spacial score (nSPS) is 15.5. The third-order valence-electron chi connectivity index (χ3n) is 11.1. The lowest BCUT2D eigenvalue weighted by Gasteiger charge is -2.32. The Labute approximate surface area is 276 Å². The highest BCUT2D eigenvalue weighted by molar-refractivity contribution is 6.61. The average molecular weight is 618 g/mol. The van der Waals surface area contributed by atoms with Crippen molar-refractivity contribution < 1.29 is 14.5 Å². The Bertz CT molecular complexity index is 2730. The molecule has 3 aliphatic carbocycles. The van der Waals surface area contributed by atoms with Gasteiger partial charge < -0.3 is 19.0 Å². The molecule has 0 amide bonds. The van der Waals surface area contributed by atoms with Gasteiger partial charge in [-0.25, -0.2) is 0 Å². The number of para-hydroxylation sites is 3. The lowest BCUT2D eigenvalue weighted by Crippen LogP contribution is -2.29. The summed E-state index contributed by atoms with van der Waals surface area (Å²) in [5.74, 6) is 0. The van der Waals surface area contributed by atoms with E-state index in [1.807, 2.05) is 12.1 Å². The number of aromatic nitrogens is 1. The maximum absolute atomic E-state index is 10.2. The third kappa shape index (κ3) is 3.05. The average Bonchev–Trinajstić information content (AvgIpc) is 3.85. The second-order valence-corrected chi connectivity index (χ2v) is 13.3. The fourth-order valence-electron chi connectivity index (χ4n) is 9.37. The van der Waals surface area contributed by atoms with Crippen LogP contribution in [0.25, 0.3) is 66.1 Å². The maximum Gasteiger partial charge on any atom is 0.492 e. The number of rotatable bonds is 2. The van der Waals surface area contributed by atoms with E-state index >= 15 is 0 Å². The van der Waals surface area contributed by atoms with Crippen molar-refractivity contribution in [3.05, 3.63) is 161 Å². The largest absolute Gasteiger partial charge is 0.492 e. The first-order chi connectivity index (χ1) is 23.7. The Morgan fingerprint density at radius 2 is 1.31 bits per heavy atom. The molecule has 0 saturated heterocycles. The van der Waals surface area contributed by atoms with E-state index in [0.717, 1.165) is 40.4 Å². The van der Waals surface area contributed by atoms with Gasteiger partial charge in [-0.05, 0) is 63.9 Å². The van der Waals surface area contributed by atoms with Crippen LogP contribution in [0.2, 0.25) is 0 Å². The van der Waals surface area contributed by atoms with Crippen LogP contribution in [0.1, 0.15) is 35.1 Å². The smallest absolute Gasteiger partial charge is 0.454 e. The summed E-state index contributed by atoms with van der Waals surface area (Å²) in [6.45, 7) is 0. The number of nitrogens with zero attached hydrogens (tertiary/aromatic N) is 1. The number of allylic oxidation sites excluding steroid dienone is 4. The number of furan rings is 1. The van der Waals surface area contributed by atoms with Gasteiger partial charge in [-0.3, -0.25) is 0 Å². The van der Waals surface area contributed by atoms with Gasteiger partial charge >= 0.3 is 7.12 Å². The van der Waals surface area contributed by atoms with Gasteiger partial charge in [-0.2, -0.15) is 0 Å². The molecule has 2 N–H and O–H groups in total. The zero-order chi connectivity index (χ0) is 31.7. The molecule has 0 saturated carbocycles. The fourth-order valence-corrected chi connectivity index (χ4v) is 9.37. The first-order valence-corrected chi connectivity index (χ1v) is 16.6. The minimum atomic E-state index is -1.63. The summed E-state index contributed by atoms with van der Waals surface area (Å²) in [6, 6.07) is 43.1. The standard InChI is InChI=1S/C43H28BNO3/c46-44(47)36-20-9-15-29-30-16-10-22-38(42(30)48-41(29)36)45-37-21-8-4-13-27(37)28-23-24-35-39(40(28)45)31-14-3-7-19-34(31)43(35)32-17-5-1-11-25(32)26-12-2-6-18-33(26)43/h1-2,4-13,15-24,46-47H,3,14H2. The van der Waals surface area contributed by atoms with Crippen LogP contribution in [0.5, 0.6) is 0 Å². The minimum Gasteiger partial charge on any atom is -0.454 e. The lowest BCUT2D eigenvalue weighted by molar-refractivity contribution is 0.425. The number of benzene rings is 6. The van der Waals surface area contributed by atoms with Gasteiger partial charge in [-0.1, -0.05) is 121 Å². The summed E-state index contributed by atoms with van der Waals surface area (Å²) in [5, 5.41) is 24.6. The number of fused-ring (bicyclic) bond motifs is 16. The highest BCUT2D eigenvalue weighted by atomic mass is 16.4. The zero-order valence-corrected chi connectivity index (χ0v) is 25.9. The van der Waals surface area contributed by atoms with Crippen LogP contribution in [-0.4, -0.2) is 21.7 Å². The van der Waals surface area contributed by atoms with Crippen LogP contribution in [0.4, 0.5) is 0 Å². The topological polar surface area (TPSA) is 58.5 Å². The molecule has 2 heterocycles. The second-order valence-electron chi connectivity index (χ2n) is 13.3. The summed E-state index contributed by atoms with van der Waals surface area (Å²) in [6.07, 6.45) is 6.72. The second kappa shape index (κ2) is 9.26. The molecule has 0 atom stereocenters. The van der Waals surface area contributed by atoms with E-state index in [2.05, 4.69) is 120 Å². The Balaban J connectivity index is 1.33. The van der Waals surface area contributed by atoms with Crippen molar-refractivity contribution in [2.24, 2.45) is 0 Å². The van der Waals surface area contributed by atoms with Gasteiger partial charge in [0, 0.05) is 32.6 Å². The first-order valence-electron chi connectivity index (χ1n) is 16.6. The van der Waals surface area contributed by atoms with E-state index < -0.39 is 12.5 Å². The monoisotopic (exact) mass is 617 g/mol. The van der Waals surface area contributed by atoms with E-state index in [1.54, 1.807) is 6.07 Å². The molecule has 0 fully saturated rings. The van der Waals surface area contributed by atoms with Crippen LogP contribution >= 0.6 is 0 Å². The molecule has 2 aromatic heterocycles. The number of hydrogen-bond acceptors (Lipinski definition) is 3. The molecule has 1 spiro atoms. The number of hydrogen-bond donors (Lipinski definition) is 2. The minimum absolute atomic E-state index is 0.363.